The van der Waals surface area contributed by atoms with Gasteiger partial charge in [0.05, 0.1) is 0 Å². The van der Waals surface area contributed by atoms with Gasteiger partial charge in [0.1, 0.15) is 0 Å². The molecule has 0 saturated heterocycles. The molecule has 3 heteroatoms. The van der Waals surface area contributed by atoms with Crippen LogP contribution in [0.4, 0.5) is 17.1 Å². The summed E-state index contributed by atoms with van der Waals surface area (Å²) in [5.74, 6) is 0. The second kappa shape index (κ2) is 9.27. The van der Waals surface area contributed by atoms with Crippen LogP contribution in [0, 0.1) is 6.92 Å². The smallest absolute Gasteiger partial charge is 0.248 e. The molecule has 0 atom stereocenters. The third-order valence-corrected chi connectivity index (χ3v) is 10.6. The fourth-order valence-electron chi connectivity index (χ4n) is 8.91. The van der Waals surface area contributed by atoms with E-state index in [9.17, 15) is 0 Å². The highest BCUT2D eigenvalue weighted by atomic mass is 15.2. The third-order valence-electron chi connectivity index (χ3n) is 10.6. The minimum absolute atomic E-state index is 0.293. The van der Waals surface area contributed by atoms with E-state index >= 15 is 0 Å². The molecule has 0 unspecified atom stereocenters. The van der Waals surface area contributed by atoms with Crippen LogP contribution in [-0.4, -0.2) is 13.4 Å². The van der Waals surface area contributed by atoms with E-state index in [1.54, 1.807) is 0 Å². The van der Waals surface area contributed by atoms with E-state index in [0.29, 0.717) is 13.4 Å². The van der Waals surface area contributed by atoms with Gasteiger partial charge in [-0.05, 0) is 87.1 Å². The van der Waals surface area contributed by atoms with Gasteiger partial charge in [0.15, 0.2) is 0 Å². The molecule has 42 heavy (non-hydrogen) atoms. The molecule has 9 rings (SSSR count). The number of hydrogen-bond donors (Lipinski definition) is 0. The van der Waals surface area contributed by atoms with E-state index in [0.717, 1.165) is 0 Å². The van der Waals surface area contributed by atoms with E-state index in [1.807, 2.05) is 0 Å². The SMILES string of the molecule is CCCCCCCCc1ccc2c3c1-c1ccccc1B3c1cccc3c1N2c1ccc(C)c2c1B3c1ccccc1-2. The summed E-state index contributed by atoms with van der Waals surface area (Å²) in [5, 5.41) is 0. The van der Waals surface area contributed by atoms with Gasteiger partial charge in [0, 0.05) is 17.1 Å². The summed E-state index contributed by atoms with van der Waals surface area (Å²) < 4.78 is 0. The van der Waals surface area contributed by atoms with Gasteiger partial charge in [0.25, 0.3) is 0 Å². The van der Waals surface area contributed by atoms with Crippen LogP contribution in [0.15, 0.2) is 91.0 Å². The Hall–Kier alpha value is -3.97. The van der Waals surface area contributed by atoms with Gasteiger partial charge >= 0.3 is 0 Å². The first-order valence-corrected chi connectivity index (χ1v) is 16.2. The van der Waals surface area contributed by atoms with Gasteiger partial charge in [0.2, 0.25) is 13.4 Å². The van der Waals surface area contributed by atoms with Crippen LogP contribution >= 0.6 is 0 Å². The number of rotatable bonds is 7. The maximum Gasteiger partial charge on any atom is 0.248 e. The second-order valence-corrected chi connectivity index (χ2v) is 12.9. The molecular weight excluding hydrogens is 504 g/mol. The Balaban J connectivity index is 1.27. The average Bonchev–Trinajstić information content (AvgIpc) is 3.56. The molecule has 1 nitrogen and oxygen atoms in total. The number of para-hydroxylation sites is 1. The van der Waals surface area contributed by atoms with Crippen molar-refractivity contribution in [2.75, 3.05) is 4.90 Å². The van der Waals surface area contributed by atoms with E-state index in [1.165, 1.54) is 128 Å². The predicted molar refractivity (Wildman–Crippen MR) is 183 cm³/mol. The molecule has 0 spiro atoms. The van der Waals surface area contributed by atoms with Crippen molar-refractivity contribution < 1.29 is 0 Å². The largest absolute Gasteiger partial charge is 0.312 e. The van der Waals surface area contributed by atoms with Crippen LogP contribution in [0.2, 0.25) is 0 Å². The van der Waals surface area contributed by atoms with Crippen LogP contribution in [0.5, 0.6) is 0 Å². The Bertz CT molecular complexity index is 1920. The zero-order chi connectivity index (χ0) is 27.9. The molecular formula is C39H35B2N. The number of nitrogens with zero attached hydrogens (tertiary/aromatic N) is 1. The van der Waals surface area contributed by atoms with Crippen molar-refractivity contribution in [1.29, 1.82) is 0 Å². The lowest BCUT2D eigenvalue weighted by molar-refractivity contribution is 0.608. The molecule has 202 valence electrons. The molecule has 0 aromatic heterocycles. The maximum absolute atomic E-state index is 2.65. The maximum atomic E-state index is 2.65. The number of aryl methyl sites for hydroxylation is 2. The van der Waals surface area contributed by atoms with Crippen LogP contribution in [0.25, 0.3) is 22.3 Å². The second-order valence-electron chi connectivity index (χ2n) is 12.9. The molecule has 0 amide bonds. The summed E-state index contributed by atoms with van der Waals surface area (Å²) in [6.45, 7) is 5.18. The summed E-state index contributed by atoms with van der Waals surface area (Å²) in [6.07, 6.45) is 9.18. The molecule has 4 heterocycles. The first-order chi connectivity index (χ1) is 20.8. The summed E-state index contributed by atoms with van der Waals surface area (Å²) >= 11 is 0. The van der Waals surface area contributed by atoms with Crippen LogP contribution in [0.1, 0.15) is 56.6 Å². The summed E-state index contributed by atoms with van der Waals surface area (Å²) in [4.78, 5) is 2.65. The van der Waals surface area contributed by atoms with Crippen molar-refractivity contribution in [2.24, 2.45) is 0 Å². The fourth-order valence-corrected chi connectivity index (χ4v) is 8.91. The lowest BCUT2D eigenvalue weighted by atomic mass is 9.32. The lowest BCUT2D eigenvalue weighted by Crippen LogP contribution is -2.62. The fraction of sp³-hybridized carbons (Fsp3) is 0.231. The molecule has 4 aliphatic rings. The van der Waals surface area contributed by atoms with Crippen molar-refractivity contribution in [3.63, 3.8) is 0 Å². The highest BCUT2D eigenvalue weighted by Gasteiger charge is 2.49. The summed E-state index contributed by atoms with van der Waals surface area (Å²) in [7, 11) is 0. The Morgan fingerprint density at radius 3 is 1.83 bits per heavy atom. The first-order valence-electron chi connectivity index (χ1n) is 16.2. The van der Waals surface area contributed by atoms with Crippen molar-refractivity contribution in [3.05, 3.63) is 102 Å². The van der Waals surface area contributed by atoms with Gasteiger partial charge in [-0.1, -0.05) is 129 Å². The molecule has 0 fully saturated rings. The highest BCUT2D eigenvalue weighted by Crippen LogP contribution is 2.45. The minimum Gasteiger partial charge on any atom is -0.312 e. The van der Waals surface area contributed by atoms with Crippen molar-refractivity contribution in [3.8, 4) is 22.3 Å². The molecule has 0 saturated carbocycles. The topological polar surface area (TPSA) is 3.24 Å². The Labute approximate surface area is 250 Å². The van der Waals surface area contributed by atoms with Gasteiger partial charge in [-0.25, -0.2) is 0 Å². The lowest BCUT2D eigenvalue weighted by Gasteiger charge is -2.42. The van der Waals surface area contributed by atoms with Crippen molar-refractivity contribution in [2.45, 2.75) is 58.8 Å². The Kier molecular flexibility index (Phi) is 5.43. The van der Waals surface area contributed by atoms with Crippen LogP contribution < -0.4 is 37.7 Å². The molecule has 5 aromatic rings. The van der Waals surface area contributed by atoms with Gasteiger partial charge in [-0.2, -0.15) is 0 Å². The van der Waals surface area contributed by atoms with E-state index in [4.69, 9.17) is 0 Å². The third kappa shape index (κ3) is 3.17. The van der Waals surface area contributed by atoms with E-state index in [-0.39, 0.29) is 0 Å². The van der Waals surface area contributed by atoms with E-state index < -0.39 is 0 Å². The monoisotopic (exact) mass is 539 g/mol. The first kappa shape index (κ1) is 24.6. The summed E-state index contributed by atoms with van der Waals surface area (Å²) in [5.41, 5.74) is 21.9. The number of anilines is 3. The normalized spacial score (nSPS) is 14.0. The van der Waals surface area contributed by atoms with Crippen LogP contribution in [-0.2, 0) is 6.42 Å². The molecule has 0 bridgehead atoms. The zero-order valence-corrected chi connectivity index (χ0v) is 24.7. The minimum atomic E-state index is 0.293. The number of unbranched alkanes of at least 4 members (excludes halogenated alkanes) is 5. The van der Waals surface area contributed by atoms with Crippen molar-refractivity contribution >= 4 is 63.3 Å². The quantitative estimate of drug-likeness (QED) is 0.178. The number of hydrogen-bond acceptors (Lipinski definition) is 1. The molecule has 0 N–H and O–H groups in total. The molecule has 5 aromatic carbocycles. The number of benzene rings is 5. The summed E-state index contributed by atoms with van der Waals surface area (Å²) in [6, 6.07) is 35.3. The average molecular weight is 539 g/mol. The van der Waals surface area contributed by atoms with Gasteiger partial charge in [-0.3, -0.25) is 0 Å². The highest BCUT2D eigenvalue weighted by molar-refractivity contribution is 7.05. The van der Waals surface area contributed by atoms with Gasteiger partial charge in [-0.15, -0.1) is 0 Å². The van der Waals surface area contributed by atoms with Gasteiger partial charge < -0.3 is 4.90 Å². The number of fused-ring (bicyclic) bond motifs is 10. The van der Waals surface area contributed by atoms with Crippen molar-refractivity contribution in [1.82, 2.24) is 0 Å². The molecule has 0 radical (unpaired) electrons. The molecule has 0 aliphatic carbocycles. The van der Waals surface area contributed by atoms with E-state index in [2.05, 4.69) is 110 Å². The standard InChI is InChI=1S/C39H35B2N/c1-3-4-5-6-7-8-14-26-22-24-34-38-36(26)28-16-10-12-18-30(28)41(38)32-20-13-19-31-39(32)42(34)33-23-21-25(2)35-27-15-9-11-17-29(27)40(31)37(33)35/h9-13,15-24H,3-8,14H2,1-2H3. The predicted octanol–water partition coefficient (Wildman–Crippen LogP) is 5.99. The molecule has 4 aliphatic heterocycles. The zero-order valence-electron chi connectivity index (χ0n) is 24.7. The Morgan fingerprint density at radius 2 is 1.12 bits per heavy atom. The Morgan fingerprint density at radius 1 is 0.548 bits per heavy atom. The van der Waals surface area contributed by atoms with Crippen LogP contribution in [0.3, 0.4) is 0 Å².